The summed E-state index contributed by atoms with van der Waals surface area (Å²) in [5, 5.41) is 72.3. The number of carbonyl (C=O) groups excluding carboxylic acids is 2. The molecule has 2 heterocycles. The molecule has 0 spiro atoms. The summed E-state index contributed by atoms with van der Waals surface area (Å²) in [6.45, 7) is 4.19. The topological polar surface area (TPSA) is 231 Å². The predicted molar refractivity (Wildman–Crippen MR) is 289 cm³/mol. The molecule has 0 aromatic heterocycles. The van der Waals surface area contributed by atoms with Crippen molar-refractivity contribution in [2.75, 3.05) is 26.4 Å². The van der Waals surface area contributed by atoms with Crippen LogP contribution in [0.1, 0.15) is 257 Å². The van der Waals surface area contributed by atoms with Gasteiger partial charge in [0, 0.05) is 12.8 Å². The molecule has 11 atom stereocenters. The van der Waals surface area contributed by atoms with E-state index in [1.807, 2.05) is 6.08 Å². The first-order valence-electron chi connectivity index (χ1n) is 30.2. The maximum absolute atomic E-state index is 13.1. The van der Waals surface area contributed by atoms with Crippen LogP contribution in [-0.4, -0.2) is 142 Å². The van der Waals surface area contributed by atoms with Crippen LogP contribution in [0, 0.1) is 0 Å². The molecule has 15 heteroatoms. The zero-order valence-electron chi connectivity index (χ0n) is 46.4. The molecule has 0 radical (unpaired) electrons. The van der Waals surface area contributed by atoms with E-state index in [1.165, 1.54) is 180 Å². The van der Waals surface area contributed by atoms with Gasteiger partial charge in [0.15, 0.2) is 18.7 Å². The molecule has 15 nitrogen and oxygen atoms in total. The number of rotatable bonds is 50. The van der Waals surface area contributed by atoms with Crippen molar-refractivity contribution >= 4 is 11.9 Å². The van der Waals surface area contributed by atoms with Gasteiger partial charge in [-0.2, -0.15) is 0 Å². The molecule has 0 aliphatic carbocycles. The second kappa shape index (κ2) is 46.2. The smallest absolute Gasteiger partial charge is 0.306 e. The molecule has 2 rings (SSSR count). The van der Waals surface area contributed by atoms with E-state index in [9.17, 15) is 45.3 Å². The summed E-state index contributed by atoms with van der Waals surface area (Å²) in [7, 11) is 0. The van der Waals surface area contributed by atoms with Gasteiger partial charge < -0.3 is 64.2 Å². The minimum absolute atomic E-state index is 0.168. The minimum Gasteiger partial charge on any atom is -0.462 e. The lowest BCUT2D eigenvalue weighted by molar-refractivity contribution is -0.332. The Bertz CT molecular complexity index is 1320. The zero-order valence-corrected chi connectivity index (χ0v) is 46.4. The van der Waals surface area contributed by atoms with Gasteiger partial charge in [-0.25, -0.2) is 0 Å². The highest BCUT2D eigenvalue weighted by Gasteiger charge is 2.47. The van der Waals surface area contributed by atoms with Crippen molar-refractivity contribution in [1.82, 2.24) is 0 Å². The molecule has 0 amide bonds. The van der Waals surface area contributed by atoms with Crippen LogP contribution in [0.4, 0.5) is 0 Å². The van der Waals surface area contributed by atoms with Crippen LogP contribution in [0.3, 0.4) is 0 Å². The maximum atomic E-state index is 13.1. The highest BCUT2D eigenvalue weighted by Crippen LogP contribution is 2.27. The zero-order chi connectivity index (χ0) is 53.9. The van der Waals surface area contributed by atoms with Crippen molar-refractivity contribution in [1.29, 1.82) is 0 Å². The summed E-state index contributed by atoms with van der Waals surface area (Å²) < 4.78 is 33.7. The minimum atomic E-state index is -1.76. The monoisotopic (exact) mass is 1060 g/mol. The number of aliphatic hydroxyl groups is 7. The third-order valence-electron chi connectivity index (χ3n) is 14.9. The molecule has 74 heavy (non-hydrogen) atoms. The summed E-state index contributed by atoms with van der Waals surface area (Å²) in [6.07, 6.45) is 31.3. The average molecular weight is 1060 g/mol. The summed E-state index contributed by atoms with van der Waals surface area (Å²) in [5.41, 5.74) is 0. The van der Waals surface area contributed by atoms with E-state index < -0.39 is 92.7 Å². The largest absolute Gasteiger partial charge is 0.462 e. The van der Waals surface area contributed by atoms with Crippen LogP contribution in [-0.2, 0) is 38.0 Å². The number of unbranched alkanes of at least 4 members (excludes halogenated alkanes) is 35. The Hall–Kier alpha value is -1.76. The average Bonchev–Trinajstić information content (AvgIpc) is 3.39. The third-order valence-corrected chi connectivity index (χ3v) is 14.9. The van der Waals surface area contributed by atoms with E-state index in [1.54, 1.807) is 0 Å². The van der Waals surface area contributed by atoms with Crippen LogP contribution in [0.25, 0.3) is 0 Å². The fraction of sp³-hybridized carbons (Fsp3) is 0.932. The number of aliphatic hydroxyl groups excluding tert-OH is 7. The second-order valence-corrected chi connectivity index (χ2v) is 21.6. The van der Waals surface area contributed by atoms with E-state index in [0.29, 0.717) is 12.8 Å². The van der Waals surface area contributed by atoms with Gasteiger partial charge in [-0.05, 0) is 25.7 Å². The van der Waals surface area contributed by atoms with Crippen molar-refractivity contribution < 1.29 is 73.8 Å². The van der Waals surface area contributed by atoms with Crippen LogP contribution >= 0.6 is 0 Å². The number of hydrogen-bond donors (Lipinski definition) is 7. The molecule has 0 bridgehead atoms. The lowest BCUT2D eigenvalue weighted by Gasteiger charge is -2.42. The summed E-state index contributed by atoms with van der Waals surface area (Å²) >= 11 is 0. The van der Waals surface area contributed by atoms with Gasteiger partial charge in [0.1, 0.15) is 55.4 Å². The Kier molecular flexibility index (Phi) is 42.7. The Balaban J connectivity index is 1.70. The molecule has 0 aromatic rings. The fourth-order valence-electron chi connectivity index (χ4n) is 9.97. The number of ether oxygens (including phenoxy) is 6. The van der Waals surface area contributed by atoms with E-state index >= 15 is 0 Å². The number of hydrogen-bond acceptors (Lipinski definition) is 15. The molecule has 4 unspecified atom stereocenters. The molecule has 2 fully saturated rings. The molecular formula is C59H110O15. The van der Waals surface area contributed by atoms with Crippen LogP contribution in [0.15, 0.2) is 12.7 Å². The molecular weight excluding hydrogens is 949 g/mol. The third kappa shape index (κ3) is 32.9. The van der Waals surface area contributed by atoms with E-state index in [2.05, 4.69) is 13.5 Å². The van der Waals surface area contributed by atoms with E-state index in [4.69, 9.17) is 28.4 Å². The molecule has 7 N–H and O–H groups in total. The standard InChI is InChI=1S/C59H110O15/c1-3-5-7-9-11-13-15-17-19-20-21-22-23-24-25-26-28-29-31-33-35-37-39-41-50(61)69-44-47(72-51(62)42-40-38-36-34-32-30-27-18-16-14-12-10-8-6-4-2)45-70-58-57(68)55(66)53(64)49(74-58)46-71-59-56(67)54(65)52(63)48(43-60)73-59/h4,47-49,52-60,63-68H,2-3,5-46H2,1H3/t47-,48+,49+,52-,53-,54?,55?,56?,57?,58+,59+/m0/s1. The van der Waals surface area contributed by atoms with Gasteiger partial charge in [-0.3, -0.25) is 9.59 Å². The van der Waals surface area contributed by atoms with Gasteiger partial charge in [-0.1, -0.05) is 225 Å². The Morgan fingerprint density at radius 2 is 0.797 bits per heavy atom. The van der Waals surface area contributed by atoms with Gasteiger partial charge in [0.25, 0.3) is 0 Å². The van der Waals surface area contributed by atoms with Gasteiger partial charge >= 0.3 is 11.9 Å². The highest BCUT2D eigenvalue weighted by atomic mass is 16.7. The lowest BCUT2D eigenvalue weighted by atomic mass is 9.98. The van der Waals surface area contributed by atoms with Crippen molar-refractivity contribution in [2.24, 2.45) is 0 Å². The molecule has 436 valence electrons. The SMILES string of the molecule is C=CCCCCCCCCCCCCCCCC(=O)O[C@@H](COC(=O)CCCCCCCCCCCCCCCCCCCCCCCCC)CO[C@@H]1O[C@H](CO[C@@H]2O[C@H](CO)[C@H](O)C(O)C2O)[C@H](O)C(O)C1O. The summed E-state index contributed by atoms with van der Waals surface area (Å²) in [6, 6.07) is 0. The highest BCUT2D eigenvalue weighted by molar-refractivity contribution is 5.70. The molecule has 2 saturated heterocycles. The number of carbonyl (C=O) groups is 2. The van der Waals surface area contributed by atoms with Gasteiger partial charge in [0.2, 0.25) is 0 Å². The Morgan fingerprint density at radius 1 is 0.446 bits per heavy atom. The van der Waals surface area contributed by atoms with Crippen molar-refractivity contribution in [3.63, 3.8) is 0 Å². The summed E-state index contributed by atoms with van der Waals surface area (Å²) in [5.74, 6) is -0.910. The van der Waals surface area contributed by atoms with E-state index in [0.717, 1.165) is 44.9 Å². The molecule has 2 aliphatic heterocycles. The fourth-order valence-corrected chi connectivity index (χ4v) is 9.97. The quantitative estimate of drug-likeness (QED) is 0.0171. The maximum Gasteiger partial charge on any atom is 0.306 e. The predicted octanol–water partition coefficient (Wildman–Crippen LogP) is 10.5. The van der Waals surface area contributed by atoms with Crippen LogP contribution in [0.5, 0.6) is 0 Å². The first kappa shape index (κ1) is 68.3. The molecule has 0 saturated carbocycles. The van der Waals surface area contributed by atoms with E-state index in [-0.39, 0.29) is 26.1 Å². The normalized spacial score (nSPS) is 24.5. The summed E-state index contributed by atoms with van der Waals surface area (Å²) in [4.78, 5) is 25.9. The van der Waals surface area contributed by atoms with Gasteiger partial charge in [0.05, 0.1) is 19.8 Å². The Labute approximate surface area is 448 Å². The van der Waals surface area contributed by atoms with Gasteiger partial charge in [-0.15, -0.1) is 6.58 Å². The lowest BCUT2D eigenvalue weighted by Crippen LogP contribution is -2.61. The first-order valence-corrected chi connectivity index (χ1v) is 30.2. The molecule has 2 aliphatic rings. The van der Waals surface area contributed by atoms with Crippen molar-refractivity contribution in [3.8, 4) is 0 Å². The van der Waals surface area contributed by atoms with Crippen molar-refractivity contribution in [3.05, 3.63) is 12.7 Å². The van der Waals surface area contributed by atoms with Crippen molar-refractivity contribution in [2.45, 2.75) is 325 Å². The van der Waals surface area contributed by atoms with Crippen LogP contribution < -0.4 is 0 Å². The first-order chi connectivity index (χ1) is 36.0. The molecule has 0 aromatic carbocycles. The van der Waals surface area contributed by atoms with Crippen LogP contribution in [0.2, 0.25) is 0 Å². The number of allylic oxidation sites excluding steroid dienone is 1. The number of esters is 2. The Morgan fingerprint density at radius 3 is 1.20 bits per heavy atom. The second-order valence-electron chi connectivity index (χ2n) is 21.6.